The quantitative estimate of drug-likeness (QED) is 0.470. The summed E-state index contributed by atoms with van der Waals surface area (Å²) in [7, 11) is -3.61. The van der Waals surface area contributed by atoms with Crippen LogP contribution in [0.4, 0.5) is 9.52 Å². The highest BCUT2D eigenvalue weighted by Gasteiger charge is 2.28. The summed E-state index contributed by atoms with van der Waals surface area (Å²) >= 11 is 1.24. The van der Waals surface area contributed by atoms with Gasteiger partial charge in [-0.25, -0.2) is 17.8 Å². The first-order chi connectivity index (χ1) is 15.8. The second-order valence-electron chi connectivity index (χ2n) is 7.77. The lowest BCUT2D eigenvalue weighted by Crippen LogP contribution is -2.37. The zero-order valence-electron chi connectivity index (χ0n) is 18.5. The maximum absolute atomic E-state index is 13.7. The van der Waals surface area contributed by atoms with E-state index >= 15 is 0 Å². The first-order valence-corrected chi connectivity index (χ1v) is 13.2. The summed E-state index contributed by atoms with van der Waals surface area (Å²) in [6, 6.07) is 10.3. The number of carbonyl (C=O) groups excluding carboxylic acids is 1. The molecule has 0 saturated carbocycles. The molecule has 1 atom stereocenters. The third kappa shape index (κ3) is 4.93. The lowest BCUT2D eigenvalue weighted by molar-refractivity contribution is 0.0917. The summed E-state index contributed by atoms with van der Waals surface area (Å²) < 4.78 is 46.9. The minimum atomic E-state index is -3.61. The lowest BCUT2D eigenvalue weighted by Gasteiger charge is -2.23. The number of thiazole rings is 1. The molecule has 33 heavy (non-hydrogen) atoms. The van der Waals surface area contributed by atoms with Crippen molar-refractivity contribution >= 4 is 42.6 Å². The van der Waals surface area contributed by atoms with E-state index in [1.807, 2.05) is 0 Å². The Hall–Kier alpha value is -2.40. The Labute approximate surface area is 196 Å². The first kappa shape index (κ1) is 23.7. The van der Waals surface area contributed by atoms with E-state index in [2.05, 4.69) is 4.98 Å². The smallest absolute Gasteiger partial charge is 0.260 e. The van der Waals surface area contributed by atoms with Gasteiger partial charge in [-0.2, -0.15) is 4.31 Å². The van der Waals surface area contributed by atoms with Crippen molar-refractivity contribution in [2.45, 2.75) is 37.7 Å². The van der Waals surface area contributed by atoms with Crippen LogP contribution in [0.2, 0.25) is 0 Å². The predicted molar refractivity (Wildman–Crippen MR) is 127 cm³/mol. The number of fused-ring (bicyclic) bond motifs is 1. The van der Waals surface area contributed by atoms with Crippen LogP contribution in [0.5, 0.6) is 0 Å². The van der Waals surface area contributed by atoms with Gasteiger partial charge in [-0.15, -0.1) is 0 Å². The predicted octanol–water partition coefficient (Wildman–Crippen LogP) is 4.29. The molecule has 2 heterocycles. The van der Waals surface area contributed by atoms with Gasteiger partial charge in [0.2, 0.25) is 10.0 Å². The monoisotopic (exact) mass is 491 g/mol. The maximum Gasteiger partial charge on any atom is 0.260 e. The molecule has 2 aromatic carbocycles. The van der Waals surface area contributed by atoms with Gasteiger partial charge in [-0.1, -0.05) is 25.2 Å². The fraction of sp³-hybridized carbons (Fsp3) is 0.391. The number of benzene rings is 2. The van der Waals surface area contributed by atoms with E-state index < -0.39 is 10.0 Å². The van der Waals surface area contributed by atoms with Crippen molar-refractivity contribution in [2.75, 3.05) is 31.1 Å². The van der Waals surface area contributed by atoms with Crippen LogP contribution in [0.1, 0.15) is 37.0 Å². The average molecular weight is 492 g/mol. The second kappa shape index (κ2) is 9.84. The zero-order chi connectivity index (χ0) is 23.6. The summed E-state index contributed by atoms with van der Waals surface area (Å²) in [5.41, 5.74) is 0.958. The Bertz CT molecular complexity index is 1230. The topological polar surface area (TPSA) is 79.8 Å². The Morgan fingerprint density at radius 1 is 1.18 bits per heavy atom. The number of hydrogen-bond acceptors (Lipinski definition) is 6. The second-order valence-corrected chi connectivity index (χ2v) is 10.7. The number of anilines is 1. The fourth-order valence-corrected chi connectivity index (χ4v) is 6.34. The third-order valence-electron chi connectivity index (χ3n) is 5.67. The number of amides is 1. The summed E-state index contributed by atoms with van der Waals surface area (Å²) in [5, 5.41) is 0.455. The summed E-state index contributed by atoms with van der Waals surface area (Å²) in [4.78, 5) is 19.7. The Morgan fingerprint density at radius 3 is 2.55 bits per heavy atom. The molecule has 1 aliphatic rings. The standard InChI is InChI=1S/C23H26FN3O4S2/c1-3-26(4-2)33(29,30)19-10-7-16(8-11-19)22(28)27(15-18-6-5-13-31-18)23-25-20-12-9-17(24)14-21(20)32-23/h7-12,14,18H,3-6,13,15H2,1-2H3. The summed E-state index contributed by atoms with van der Waals surface area (Å²) in [6.45, 7) is 5.27. The molecule has 1 aromatic heterocycles. The van der Waals surface area contributed by atoms with Crippen molar-refractivity contribution < 1.29 is 22.3 Å². The van der Waals surface area contributed by atoms with Gasteiger partial charge in [0, 0.05) is 25.3 Å². The third-order valence-corrected chi connectivity index (χ3v) is 8.78. The van der Waals surface area contributed by atoms with E-state index in [9.17, 15) is 17.6 Å². The van der Waals surface area contributed by atoms with E-state index in [0.29, 0.717) is 47.2 Å². The van der Waals surface area contributed by atoms with Crippen molar-refractivity contribution in [3.05, 3.63) is 53.8 Å². The molecule has 1 saturated heterocycles. The first-order valence-electron chi connectivity index (χ1n) is 10.9. The van der Waals surface area contributed by atoms with Crippen LogP contribution >= 0.6 is 11.3 Å². The Balaban J connectivity index is 1.66. The van der Waals surface area contributed by atoms with Crippen molar-refractivity contribution in [3.63, 3.8) is 0 Å². The van der Waals surface area contributed by atoms with Crippen LogP contribution < -0.4 is 4.90 Å². The lowest BCUT2D eigenvalue weighted by atomic mass is 10.2. The molecule has 1 aliphatic heterocycles. The summed E-state index contributed by atoms with van der Waals surface area (Å²) in [6.07, 6.45) is 1.65. The van der Waals surface area contributed by atoms with Gasteiger partial charge in [0.05, 0.1) is 27.8 Å². The number of aromatic nitrogens is 1. The molecule has 1 unspecified atom stereocenters. The van der Waals surface area contributed by atoms with Crippen molar-refractivity contribution in [1.29, 1.82) is 0 Å². The number of rotatable bonds is 8. The molecular formula is C23H26FN3O4S2. The zero-order valence-corrected chi connectivity index (χ0v) is 20.2. The van der Waals surface area contributed by atoms with Gasteiger partial charge in [0.15, 0.2) is 5.13 Å². The van der Waals surface area contributed by atoms with Gasteiger partial charge in [0.1, 0.15) is 5.82 Å². The number of hydrogen-bond donors (Lipinski definition) is 0. The van der Waals surface area contributed by atoms with Gasteiger partial charge < -0.3 is 4.74 Å². The number of nitrogens with zero attached hydrogens (tertiary/aromatic N) is 3. The molecular weight excluding hydrogens is 465 g/mol. The van der Waals surface area contributed by atoms with Crippen molar-refractivity contribution in [2.24, 2.45) is 0 Å². The maximum atomic E-state index is 13.7. The fourth-order valence-electron chi connectivity index (χ4n) is 3.88. The average Bonchev–Trinajstić information content (AvgIpc) is 3.47. The largest absolute Gasteiger partial charge is 0.376 e. The van der Waals surface area contributed by atoms with Gasteiger partial charge in [-0.05, 0) is 55.3 Å². The number of carbonyl (C=O) groups is 1. The van der Waals surface area contributed by atoms with Gasteiger partial charge in [0.25, 0.3) is 5.91 Å². The van der Waals surface area contributed by atoms with Crippen LogP contribution in [0.3, 0.4) is 0 Å². The molecule has 0 bridgehead atoms. The Kier molecular flexibility index (Phi) is 7.08. The SMILES string of the molecule is CCN(CC)S(=O)(=O)c1ccc(C(=O)N(CC2CCCO2)c2nc3ccc(F)cc3s2)cc1. The normalized spacial score (nSPS) is 16.5. The highest BCUT2D eigenvalue weighted by Crippen LogP contribution is 2.31. The molecule has 0 radical (unpaired) electrons. The molecule has 7 nitrogen and oxygen atoms in total. The molecule has 0 aliphatic carbocycles. The van der Waals surface area contributed by atoms with Crippen molar-refractivity contribution in [3.8, 4) is 0 Å². The molecule has 176 valence electrons. The highest BCUT2D eigenvalue weighted by molar-refractivity contribution is 7.89. The molecule has 0 spiro atoms. The van der Waals surface area contributed by atoms with Crippen LogP contribution in [-0.2, 0) is 14.8 Å². The van der Waals surface area contributed by atoms with Gasteiger partial charge in [-0.3, -0.25) is 9.69 Å². The minimum Gasteiger partial charge on any atom is -0.376 e. The van der Waals surface area contributed by atoms with Crippen LogP contribution in [-0.4, -0.2) is 56.0 Å². The summed E-state index contributed by atoms with van der Waals surface area (Å²) in [5.74, 6) is -0.670. The van der Waals surface area contributed by atoms with E-state index in [4.69, 9.17) is 4.74 Å². The van der Waals surface area contributed by atoms with E-state index in [1.165, 1.54) is 52.0 Å². The molecule has 1 fully saturated rings. The van der Waals surface area contributed by atoms with E-state index in [0.717, 1.165) is 12.8 Å². The Morgan fingerprint density at radius 2 is 1.91 bits per heavy atom. The molecule has 3 aromatic rings. The number of halogens is 1. The van der Waals surface area contributed by atoms with Crippen molar-refractivity contribution in [1.82, 2.24) is 9.29 Å². The van der Waals surface area contributed by atoms with Crippen LogP contribution in [0.15, 0.2) is 47.4 Å². The molecule has 10 heteroatoms. The number of ether oxygens (including phenoxy) is 1. The van der Waals surface area contributed by atoms with Gasteiger partial charge >= 0.3 is 0 Å². The van der Waals surface area contributed by atoms with E-state index in [-0.39, 0.29) is 22.7 Å². The molecule has 0 N–H and O–H groups in total. The molecule has 4 rings (SSSR count). The molecule has 1 amide bonds. The number of sulfonamides is 1. The van der Waals surface area contributed by atoms with E-state index in [1.54, 1.807) is 24.8 Å². The highest BCUT2D eigenvalue weighted by atomic mass is 32.2. The van der Waals surface area contributed by atoms with Crippen LogP contribution in [0.25, 0.3) is 10.2 Å². The van der Waals surface area contributed by atoms with Crippen LogP contribution in [0, 0.1) is 5.82 Å². The minimum absolute atomic E-state index is 0.111.